The second-order valence-electron chi connectivity index (χ2n) is 2.35. The van der Waals surface area contributed by atoms with Crippen molar-refractivity contribution >= 4 is 17.0 Å². The molecule has 1 aromatic heterocycles. The number of carbonyl (C=O) groups is 1. The molecule has 1 unspecified atom stereocenters. The number of esters is 1. The fraction of sp³-hybridized carbons (Fsp3) is 0.429. The van der Waals surface area contributed by atoms with Crippen molar-refractivity contribution in [2.75, 3.05) is 6.61 Å². The second kappa shape index (κ2) is 7.13. The number of ether oxygens (including phenoxy) is 1. The zero-order valence-corrected chi connectivity index (χ0v) is 11.2. The van der Waals surface area contributed by atoms with Crippen LogP contribution in [0.3, 0.4) is 0 Å². The zero-order chi connectivity index (χ0) is 10.6. The molecule has 8 heteroatoms. The van der Waals surface area contributed by atoms with Crippen LogP contribution in [0.15, 0.2) is 10.6 Å². The summed E-state index contributed by atoms with van der Waals surface area (Å²) in [6, 6.07) is 1.24. The number of hydrogen-bond acceptors (Lipinski definition) is 6. The Labute approximate surface area is 111 Å². The first-order chi connectivity index (χ1) is 6.63. The molecule has 0 amide bonds. The SMILES string of the molecule is CCOC(=O)c1cc(CS(=O)[O-])on1.[Na+]. The van der Waals surface area contributed by atoms with E-state index in [1.165, 1.54) is 6.07 Å². The molecule has 0 fully saturated rings. The van der Waals surface area contributed by atoms with Gasteiger partial charge in [-0.15, -0.1) is 0 Å². The van der Waals surface area contributed by atoms with Crippen LogP contribution < -0.4 is 29.6 Å². The molecule has 6 nitrogen and oxygen atoms in total. The van der Waals surface area contributed by atoms with Crippen molar-refractivity contribution in [1.29, 1.82) is 0 Å². The minimum Gasteiger partial charge on any atom is -0.772 e. The Hall–Kier alpha value is -0.210. The van der Waals surface area contributed by atoms with Crippen molar-refractivity contribution in [1.82, 2.24) is 5.16 Å². The topological polar surface area (TPSA) is 92.5 Å². The van der Waals surface area contributed by atoms with E-state index >= 15 is 0 Å². The summed E-state index contributed by atoms with van der Waals surface area (Å²) in [4.78, 5) is 11.0. The summed E-state index contributed by atoms with van der Waals surface area (Å²) < 4.78 is 29.8. The summed E-state index contributed by atoms with van der Waals surface area (Å²) in [7, 11) is 0. The molecule has 0 aliphatic rings. The molecule has 0 aromatic carbocycles. The predicted molar refractivity (Wildman–Crippen MR) is 45.1 cm³/mol. The van der Waals surface area contributed by atoms with Gasteiger partial charge in [0.15, 0.2) is 5.69 Å². The summed E-state index contributed by atoms with van der Waals surface area (Å²) in [5.74, 6) is -0.813. The summed E-state index contributed by atoms with van der Waals surface area (Å²) in [6.45, 7) is 1.89. The molecular weight excluding hydrogens is 233 g/mol. The molecule has 1 heterocycles. The van der Waals surface area contributed by atoms with Gasteiger partial charge >= 0.3 is 35.5 Å². The quantitative estimate of drug-likeness (QED) is 0.322. The van der Waals surface area contributed by atoms with Crippen LogP contribution in [0.4, 0.5) is 0 Å². The van der Waals surface area contributed by atoms with Gasteiger partial charge in [-0.25, -0.2) is 4.79 Å². The summed E-state index contributed by atoms with van der Waals surface area (Å²) >= 11 is -2.26. The minimum absolute atomic E-state index is 0. The first-order valence-corrected chi connectivity index (χ1v) is 5.06. The molecule has 0 bridgehead atoms. The molecule has 0 aliphatic heterocycles. The molecule has 1 rings (SSSR count). The molecule has 0 spiro atoms. The second-order valence-corrected chi connectivity index (χ2v) is 3.24. The van der Waals surface area contributed by atoms with Crippen molar-refractivity contribution in [2.45, 2.75) is 12.7 Å². The predicted octanol–water partition coefficient (Wildman–Crippen LogP) is -2.77. The van der Waals surface area contributed by atoms with Gasteiger partial charge in [-0.1, -0.05) is 5.16 Å². The van der Waals surface area contributed by atoms with E-state index in [9.17, 15) is 13.6 Å². The van der Waals surface area contributed by atoms with Crippen molar-refractivity contribution in [3.05, 3.63) is 17.5 Å². The first kappa shape index (κ1) is 14.8. The smallest absolute Gasteiger partial charge is 0.772 e. The van der Waals surface area contributed by atoms with Crippen LogP contribution in [-0.4, -0.2) is 26.5 Å². The van der Waals surface area contributed by atoms with E-state index in [1.807, 2.05) is 0 Å². The Balaban J connectivity index is 0.00000196. The van der Waals surface area contributed by atoms with Crippen molar-refractivity contribution < 1.29 is 52.4 Å². The van der Waals surface area contributed by atoms with E-state index in [0.29, 0.717) is 0 Å². The van der Waals surface area contributed by atoms with Crippen LogP contribution >= 0.6 is 0 Å². The maximum Gasteiger partial charge on any atom is 1.00 e. The van der Waals surface area contributed by atoms with Gasteiger partial charge in [-0.05, 0) is 18.0 Å². The normalized spacial score (nSPS) is 11.6. The number of nitrogens with zero attached hydrogens (tertiary/aromatic N) is 1. The van der Waals surface area contributed by atoms with E-state index in [1.54, 1.807) is 6.92 Å². The Morgan fingerprint density at radius 1 is 1.73 bits per heavy atom. The van der Waals surface area contributed by atoms with Crippen LogP contribution in [0.1, 0.15) is 23.2 Å². The first-order valence-electron chi connectivity index (χ1n) is 3.82. The average Bonchev–Trinajstić information content (AvgIpc) is 2.52. The molecular formula is C7H8NNaO5S. The van der Waals surface area contributed by atoms with Crippen molar-refractivity contribution in [3.63, 3.8) is 0 Å². The zero-order valence-electron chi connectivity index (χ0n) is 8.39. The van der Waals surface area contributed by atoms with Gasteiger partial charge in [0.1, 0.15) is 5.76 Å². The summed E-state index contributed by atoms with van der Waals surface area (Å²) in [6.07, 6.45) is 0. The largest absolute Gasteiger partial charge is 1.00 e. The Morgan fingerprint density at radius 2 is 2.40 bits per heavy atom. The van der Waals surface area contributed by atoms with Gasteiger partial charge in [0.05, 0.1) is 12.4 Å². The molecule has 0 radical (unpaired) electrons. The van der Waals surface area contributed by atoms with Crippen LogP contribution in [0.2, 0.25) is 0 Å². The van der Waals surface area contributed by atoms with Gasteiger partial charge in [-0.2, -0.15) is 0 Å². The number of carbonyl (C=O) groups excluding carboxylic acids is 1. The maximum absolute atomic E-state index is 11.0. The fourth-order valence-electron chi connectivity index (χ4n) is 0.798. The molecule has 15 heavy (non-hydrogen) atoms. The molecule has 1 atom stereocenters. The Kier molecular flexibility index (Phi) is 7.03. The third-order valence-electron chi connectivity index (χ3n) is 1.30. The van der Waals surface area contributed by atoms with E-state index in [2.05, 4.69) is 14.4 Å². The number of hydrogen-bond donors (Lipinski definition) is 0. The van der Waals surface area contributed by atoms with Gasteiger partial charge in [0.25, 0.3) is 0 Å². The monoisotopic (exact) mass is 241 g/mol. The van der Waals surface area contributed by atoms with E-state index in [0.717, 1.165) is 0 Å². The van der Waals surface area contributed by atoms with Crippen LogP contribution in [-0.2, 0) is 21.6 Å². The van der Waals surface area contributed by atoms with Crippen molar-refractivity contribution in [2.24, 2.45) is 0 Å². The van der Waals surface area contributed by atoms with E-state index in [4.69, 9.17) is 0 Å². The molecule has 0 saturated heterocycles. The van der Waals surface area contributed by atoms with E-state index in [-0.39, 0.29) is 53.4 Å². The molecule has 1 aromatic rings. The Bertz CT molecular complexity index is 353. The third-order valence-corrected chi connectivity index (χ3v) is 1.82. The van der Waals surface area contributed by atoms with Gasteiger partial charge in [0, 0.05) is 6.07 Å². The van der Waals surface area contributed by atoms with Crippen LogP contribution in [0, 0.1) is 0 Å². The Morgan fingerprint density at radius 3 is 2.93 bits per heavy atom. The molecule has 0 N–H and O–H groups in total. The third kappa shape index (κ3) is 4.89. The summed E-state index contributed by atoms with van der Waals surface area (Å²) in [5.41, 5.74) is -0.0210. The summed E-state index contributed by atoms with van der Waals surface area (Å²) in [5, 5.41) is 3.36. The molecule has 0 aliphatic carbocycles. The van der Waals surface area contributed by atoms with Crippen LogP contribution in [0.25, 0.3) is 0 Å². The molecule has 0 saturated carbocycles. The van der Waals surface area contributed by atoms with Gasteiger partial charge in [-0.3, -0.25) is 4.21 Å². The minimum atomic E-state index is -2.26. The van der Waals surface area contributed by atoms with Crippen molar-refractivity contribution in [3.8, 4) is 0 Å². The standard InChI is InChI=1S/C7H9NO5S.Na/c1-2-12-7(9)6-3-5(13-8-6)4-14(10)11;/h3H,2,4H2,1H3,(H,10,11);/q;+1/p-1. The maximum atomic E-state index is 11.0. The number of aromatic nitrogens is 1. The van der Waals surface area contributed by atoms with Gasteiger partial charge < -0.3 is 13.8 Å². The van der Waals surface area contributed by atoms with Crippen LogP contribution in [0.5, 0.6) is 0 Å². The number of rotatable bonds is 4. The molecule has 78 valence electrons. The van der Waals surface area contributed by atoms with E-state index < -0.39 is 17.0 Å². The fourth-order valence-corrected chi connectivity index (χ4v) is 1.17. The van der Waals surface area contributed by atoms with Gasteiger partial charge in [0.2, 0.25) is 0 Å². The average molecular weight is 241 g/mol.